The number of aliphatic carboxylic acids is 1. The smallest absolute Gasteiger partial charge is 0.408 e. The topological polar surface area (TPSA) is 77.8 Å². The number of nitrogens with zero attached hydrogens (tertiary/aromatic N) is 1. The zero-order valence-corrected chi connectivity index (χ0v) is 9.87. The third kappa shape index (κ3) is 2.03. The van der Waals surface area contributed by atoms with Crippen LogP contribution < -0.4 is 0 Å². The van der Waals surface area contributed by atoms with E-state index in [9.17, 15) is 14.7 Å². The predicted octanol–water partition coefficient (Wildman–Crippen LogP) is 1.83. The van der Waals surface area contributed by atoms with E-state index in [4.69, 9.17) is 5.11 Å². The van der Waals surface area contributed by atoms with Crippen molar-refractivity contribution in [1.29, 1.82) is 0 Å². The van der Waals surface area contributed by atoms with Crippen molar-refractivity contribution in [3.63, 3.8) is 0 Å². The molecule has 1 atom stereocenters. The van der Waals surface area contributed by atoms with Crippen molar-refractivity contribution in [3.05, 3.63) is 35.9 Å². The zero-order valence-electron chi connectivity index (χ0n) is 9.87. The van der Waals surface area contributed by atoms with Gasteiger partial charge in [-0.05, 0) is 18.4 Å². The van der Waals surface area contributed by atoms with E-state index in [1.165, 1.54) is 0 Å². The van der Waals surface area contributed by atoms with Crippen molar-refractivity contribution in [1.82, 2.24) is 4.90 Å². The van der Waals surface area contributed by atoms with Crippen LogP contribution in [0.2, 0.25) is 0 Å². The van der Waals surface area contributed by atoms with Gasteiger partial charge < -0.3 is 10.2 Å². The van der Waals surface area contributed by atoms with Gasteiger partial charge in [0.05, 0.1) is 0 Å². The molecule has 18 heavy (non-hydrogen) atoms. The molecule has 1 saturated heterocycles. The number of hydrogen-bond donors (Lipinski definition) is 2. The number of carbonyl (C=O) groups is 2. The summed E-state index contributed by atoms with van der Waals surface area (Å²) < 4.78 is 0. The van der Waals surface area contributed by atoms with Crippen LogP contribution in [0.1, 0.15) is 18.4 Å². The minimum Gasteiger partial charge on any atom is -0.479 e. The van der Waals surface area contributed by atoms with Crippen molar-refractivity contribution in [3.8, 4) is 0 Å². The monoisotopic (exact) mass is 249 g/mol. The number of carboxylic acids is 1. The van der Waals surface area contributed by atoms with Gasteiger partial charge in [0.25, 0.3) is 0 Å². The van der Waals surface area contributed by atoms with Gasteiger partial charge in [-0.25, -0.2) is 9.59 Å². The lowest BCUT2D eigenvalue weighted by atomic mass is 9.88. The summed E-state index contributed by atoms with van der Waals surface area (Å²) in [4.78, 5) is 23.8. The fourth-order valence-corrected chi connectivity index (χ4v) is 2.57. The first-order valence-corrected chi connectivity index (χ1v) is 5.84. The lowest BCUT2D eigenvalue weighted by molar-refractivity contribution is -0.148. The molecule has 1 aliphatic rings. The number of hydrogen-bond acceptors (Lipinski definition) is 2. The molecular weight excluding hydrogens is 234 g/mol. The summed E-state index contributed by atoms with van der Waals surface area (Å²) in [6.07, 6.45) is 0.00980. The molecule has 1 aliphatic heterocycles. The minimum absolute atomic E-state index is 0.218. The second kappa shape index (κ2) is 4.68. The lowest BCUT2D eigenvalue weighted by Gasteiger charge is -2.32. The number of carboxylic acid groups (broad SMARTS) is 2. The summed E-state index contributed by atoms with van der Waals surface area (Å²) in [6.45, 7) is 0.286. The third-order valence-electron chi connectivity index (χ3n) is 3.46. The van der Waals surface area contributed by atoms with Gasteiger partial charge in [0.2, 0.25) is 0 Å². The summed E-state index contributed by atoms with van der Waals surface area (Å²) in [5.41, 5.74) is -0.472. The molecule has 1 amide bonds. The molecule has 1 unspecified atom stereocenters. The highest BCUT2D eigenvalue weighted by atomic mass is 16.4. The molecule has 0 saturated carbocycles. The van der Waals surface area contributed by atoms with Crippen LogP contribution in [-0.4, -0.2) is 39.3 Å². The lowest BCUT2D eigenvalue weighted by Crippen LogP contribution is -2.54. The van der Waals surface area contributed by atoms with Gasteiger partial charge in [0.1, 0.15) is 5.54 Å². The second-order valence-corrected chi connectivity index (χ2v) is 4.54. The van der Waals surface area contributed by atoms with Crippen LogP contribution in [-0.2, 0) is 11.2 Å². The summed E-state index contributed by atoms with van der Waals surface area (Å²) >= 11 is 0. The number of benzene rings is 1. The van der Waals surface area contributed by atoms with Gasteiger partial charge in [-0.3, -0.25) is 4.90 Å². The molecular formula is C13H15NO4. The van der Waals surface area contributed by atoms with E-state index in [1.807, 2.05) is 30.3 Å². The van der Waals surface area contributed by atoms with Gasteiger partial charge in [-0.1, -0.05) is 30.3 Å². The Kier molecular flexibility index (Phi) is 3.23. The highest BCUT2D eigenvalue weighted by molar-refractivity contribution is 5.85. The first kappa shape index (κ1) is 12.4. The molecule has 1 fully saturated rings. The van der Waals surface area contributed by atoms with Crippen molar-refractivity contribution >= 4 is 12.1 Å². The van der Waals surface area contributed by atoms with Crippen LogP contribution in [0.4, 0.5) is 4.79 Å². The van der Waals surface area contributed by atoms with E-state index >= 15 is 0 Å². The predicted molar refractivity (Wildman–Crippen MR) is 64.5 cm³/mol. The van der Waals surface area contributed by atoms with E-state index < -0.39 is 17.6 Å². The largest absolute Gasteiger partial charge is 0.479 e. The number of rotatable bonds is 3. The van der Waals surface area contributed by atoms with Crippen LogP contribution >= 0.6 is 0 Å². The summed E-state index contributed by atoms with van der Waals surface area (Å²) in [5, 5.41) is 18.6. The van der Waals surface area contributed by atoms with E-state index in [1.54, 1.807) is 0 Å². The summed E-state index contributed by atoms with van der Waals surface area (Å²) in [7, 11) is 0. The Hall–Kier alpha value is -2.04. The van der Waals surface area contributed by atoms with E-state index in [2.05, 4.69) is 0 Å². The van der Waals surface area contributed by atoms with Gasteiger partial charge in [0, 0.05) is 13.0 Å². The molecule has 2 rings (SSSR count). The standard InChI is InChI=1S/C13H15NO4/c15-11(16)13(7-4-8-14(13)12(17)18)9-10-5-2-1-3-6-10/h1-3,5-6H,4,7-9H2,(H,15,16)(H,17,18). The molecule has 1 heterocycles. The molecule has 1 aromatic rings. The Labute approximate surface area is 105 Å². The average molecular weight is 249 g/mol. The summed E-state index contributed by atoms with van der Waals surface area (Å²) in [5.74, 6) is -1.06. The van der Waals surface area contributed by atoms with Crippen molar-refractivity contribution in [2.24, 2.45) is 0 Å². The van der Waals surface area contributed by atoms with Crippen molar-refractivity contribution in [2.75, 3.05) is 6.54 Å². The van der Waals surface area contributed by atoms with E-state index in [-0.39, 0.29) is 13.0 Å². The Balaban J connectivity index is 2.33. The van der Waals surface area contributed by atoms with Crippen molar-refractivity contribution < 1.29 is 19.8 Å². The SMILES string of the molecule is O=C(O)N1CCCC1(Cc1ccccc1)C(=O)O. The minimum atomic E-state index is -1.31. The molecule has 1 aromatic carbocycles. The Morgan fingerprint density at radius 3 is 2.44 bits per heavy atom. The molecule has 5 nitrogen and oxygen atoms in total. The first-order valence-electron chi connectivity index (χ1n) is 5.84. The molecule has 0 spiro atoms. The third-order valence-corrected chi connectivity index (χ3v) is 3.46. The zero-order chi connectivity index (χ0) is 13.2. The van der Waals surface area contributed by atoms with Gasteiger partial charge in [0.15, 0.2) is 0 Å². The second-order valence-electron chi connectivity index (χ2n) is 4.54. The maximum Gasteiger partial charge on any atom is 0.408 e. The van der Waals surface area contributed by atoms with Crippen LogP contribution in [0, 0.1) is 0 Å². The number of likely N-dealkylation sites (tertiary alicyclic amines) is 1. The van der Waals surface area contributed by atoms with Gasteiger partial charge >= 0.3 is 12.1 Å². The average Bonchev–Trinajstić information content (AvgIpc) is 2.75. The molecule has 0 radical (unpaired) electrons. The quantitative estimate of drug-likeness (QED) is 0.856. The van der Waals surface area contributed by atoms with Gasteiger partial charge in [-0.15, -0.1) is 0 Å². The van der Waals surface area contributed by atoms with Crippen LogP contribution in [0.25, 0.3) is 0 Å². The van der Waals surface area contributed by atoms with Crippen LogP contribution in [0.5, 0.6) is 0 Å². The van der Waals surface area contributed by atoms with E-state index in [0.29, 0.717) is 12.8 Å². The fraction of sp³-hybridized carbons (Fsp3) is 0.385. The van der Waals surface area contributed by atoms with Crippen LogP contribution in [0.15, 0.2) is 30.3 Å². The Bertz CT molecular complexity index is 459. The molecule has 2 N–H and O–H groups in total. The molecule has 96 valence electrons. The molecule has 0 bridgehead atoms. The van der Waals surface area contributed by atoms with Crippen LogP contribution in [0.3, 0.4) is 0 Å². The molecule has 0 aromatic heterocycles. The maximum atomic E-state index is 11.5. The normalized spacial score (nSPS) is 23.0. The Morgan fingerprint density at radius 1 is 1.22 bits per heavy atom. The summed E-state index contributed by atoms with van der Waals surface area (Å²) in [6, 6.07) is 9.14. The highest BCUT2D eigenvalue weighted by Gasteiger charge is 2.50. The molecule has 0 aliphatic carbocycles. The van der Waals surface area contributed by atoms with E-state index in [0.717, 1.165) is 10.5 Å². The highest BCUT2D eigenvalue weighted by Crippen LogP contribution is 2.33. The first-order chi connectivity index (χ1) is 8.56. The van der Waals surface area contributed by atoms with Crippen molar-refractivity contribution in [2.45, 2.75) is 24.8 Å². The van der Waals surface area contributed by atoms with Gasteiger partial charge in [-0.2, -0.15) is 0 Å². The Morgan fingerprint density at radius 2 is 1.89 bits per heavy atom. The molecule has 5 heteroatoms. The number of amides is 1. The maximum absolute atomic E-state index is 11.5. The fourth-order valence-electron chi connectivity index (χ4n) is 2.57.